The summed E-state index contributed by atoms with van der Waals surface area (Å²) in [5.41, 5.74) is 0. The first-order valence-corrected chi connectivity index (χ1v) is 6.71. The topological polar surface area (TPSA) is 57.5 Å². The fraction of sp³-hybridized carbons (Fsp3) is 0.786. The van der Waals surface area contributed by atoms with Crippen LogP contribution in [0.3, 0.4) is 0 Å². The largest absolute Gasteiger partial charge is 0.481 e. The van der Waals surface area contributed by atoms with Crippen molar-refractivity contribution in [1.82, 2.24) is 0 Å². The van der Waals surface area contributed by atoms with Crippen LogP contribution in [0.2, 0.25) is 0 Å². The van der Waals surface area contributed by atoms with Gasteiger partial charge in [0.1, 0.15) is 0 Å². The molecule has 3 nitrogen and oxygen atoms in total. The summed E-state index contributed by atoms with van der Waals surface area (Å²) in [6.07, 6.45) is 11.8. The van der Waals surface area contributed by atoms with E-state index in [9.17, 15) is 9.90 Å². The standard InChI is InChI=1S/C14H26O3/c1-2-3-4-5-7-10-13(15)11-8-6-9-12-14(16)17/h6,8,13,15H,2-5,7,9-12H2,1H3,(H,16,17)/b8-6+/t13-/m0/s1. The molecule has 0 heterocycles. The van der Waals surface area contributed by atoms with Crippen LogP contribution in [-0.2, 0) is 4.79 Å². The molecule has 17 heavy (non-hydrogen) atoms. The SMILES string of the molecule is CCCCCCC[C@H](O)C/C=C/CCC(=O)O. The summed E-state index contributed by atoms with van der Waals surface area (Å²) in [5, 5.41) is 18.1. The lowest BCUT2D eigenvalue weighted by atomic mass is 10.1. The molecule has 100 valence electrons. The van der Waals surface area contributed by atoms with Crippen LogP contribution in [0, 0.1) is 0 Å². The zero-order valence-corrected chi connectivity index (χ0v) is 10.9. The van der Waals surface area contributed by atoms with Crippen LogP contribution in [0.4, 0.5) is 0 Å². The zero-order valence-electron chi connectivity index (χ0n) is 10.9. The Balaban J connectivity index is 3.33. The lowest BCUT2D eigenvalue weighted by molar-refractivity contribution is -0.136. The van der Waals surface area contributed by atoms with Crippen molar-refractivity contribution in [3.05, 3.63) is 12.2 Å². The normalized spacial score (nSPS) is 13.1. The summed E-state index contributed by atoms with van der Waals surface area (Å²) in [6.45, 7) is 2.19. The summed E-state index contributed by atoms with van der Waals surface area (Å²) in [4.78, 5) is 10.2. The van der Waals surface area contributed by atoms with Crippen LogP contribution >= 0.6 is 0 Å². The molecular formula is C14H26O3. The predicted octanol–water partition coefficient (Wildman–Crippen LogP) is 3.52. The van der Waals surface area contributed by atoms with E-state index in [2.05, 4.69) is 6.92 Å². The molecule has 3 heteroatoms. The molecule has 0 aromatic carbocycles. The van der Waals surface area contributed by atoms with Crippen LogP contribution in [0.25, 0.3) is 0 Å². The van der Waals surface area contributed by atoms with E-state index >= 15 is 0 Å². The first-order valence-electron chi connectivity index (χ1n) is 6.71. The maximum atomic E-state index is 10.2. The quantitative estimate of drug-likeness (QED) is 0.430. The Labute approximate surface area is 105 Å². The number of aliphatic carboxylic acids is 1. The van der Waals surface area contributed by atoms with Crippen molar-refractivity contribution in [2.75, 3.05) is 0 Å². The van der Waals surface area contributed by atoms with Gasteiger partial charge in [-0.1, -0.05) is 51.2 Å². The molecule has 0 unspecified atom stereocenters. The fourth-order valence-electron chi connectivity index (χ4n) is 1.68. The molecule has 0 spiro atoms. The molecule has 1 atom stereocenters. The molecular weight excluding hydrogens is 216 g/mol. The van der Waals surface area contributed by atoms with E-state index in [4.69, 9.17) is 5.11 Å². The third-order valence-electron chi connectivity index (χ3n) is 2.74. The minimum Gasteiger partial charge on any atom is -0.481 e. The molecule has 0 rings (SSSR count). The molecule has 0 saturated carbocycles. The lowest BCUT2D eigenvalue weighted by Gasteiger charge is -2.07. The Morgan fingerprint density at radius 1 is 1.18 bits per heavy atom. The molecule has 0 bridgehead atoms. The molecule has 0 aliphatic heterocycles. The molecule has 0 aliphatic rings. The molecule has 0 aliphatic carbocycles. The van der Waals surface area contributed by atoms with Gasteiger partial charge in [-0.3, -0.25) is 4.79 Å². The first kappa shape index (κ1) is 16.2. The highest BCUT2D eigenvalue weighted by molar-refractivity contribution is 5.66. The second-order valence-electron chi connectivity index (χ2n) is 4.50. The van der Waals surface area contributed by atoms with E-state index in [0.717, 1.165) is 12.8 Å². The molecule has 0 aromatic rings. The van der Waals surface area contributed by atoms with Crippen molar-refractivity contribution >= 4 is 5.97 Å². The number of carboxylic acids is 1. The van der Waals surface area contributed by atoms with Gasteiger partial charge in [-0.05, 0) is 19.3 Å². The van der Waals surface area contributed by atoms with E-state index in [1.54, 1.807) is 0 Å². The summed E-state index contributed by atoms with van der Waals surface area (Å²) in [7, 11) is 0. The van der Waals surface area contributed by atoms with Crippen LogP contribution in [0.1, 0.15) is 64.7 Å². The number of carbonyl (C=O) groups is 1. The van der Waals surface area contributed by atoms with Crippen LogP contribution in [0.5, 0.6) is 0 Å². The Hall–Kier alpha value is -0.830. The van der Waals surface area contributed by atoms with Gasteiger partial charge in [-0.25, -0.2) is 0 Å². The molecule has 0 fully saturated rings. The van der Waals surface area contributed by atoms with E-state index in [1.807, 2.05) is 12.2 Å². The van der Waals surface area contributed by atoms with E-state index in [1.165, 1.54) is 25.7 Å². The van der Waals surface area contributed by atoms with Gasteiger partial charge >= 0.3 is 5.97 Å². The number of rotatable bonds is 11. The smallest absolute Gasteiger partial charge is 0.303 e. The Morgan fingerprint density at radius 2 is 1.88 bits per heavy atom. The van der Waals surface area contributed by atoms with Crippen LogP contribution in [-0.4, -0.2) is 22.3 Å². The van der Waals surface area contributed by atoms with E-state index in [-0.39, 0.29) is 12.5 Å². The number of carboxylic acid groups (broad SMARTS) is 1. The molecule has 0 amide bonds. The van der Waals surface area contributed by atoms with Gasteiger partial charge in [-0.15, -0.1) is 0 Å². The van der Waals surface area contributed by atoms with Crippen molar-refractivity contribution in [1.29, 1.82) is 0 Å². The third kappa shape index (κ3) is 13.1. The minimum atomic E-state index is -0.772. The monoisotopic (exact) mass is 242 g/mol. The number of unbranched alkanes of at least 4 members (excludes halogenated alkanes) is 4. The number of hydrogen-bond donors (Lipinski definition) is 2. The Bertz CT molecular complexity index is 212. The Kier molecular flexibility index (Phi) is 11.1. The van der Waals surface area contributed by atoms with Gasteiger partial charge in [0.2, 0.25) is 0 Å². The second kappa shape index (κ2) is 11.6. The van der Waals surface area contributed by atoms with Crippen LogP contribution < -0.4 is 0 Å². The van der Waals surface area contributed by atoms with Gasteiger partial charge in [0.25, 0.3) is 0 Å². The first-order chi connectivity index (χ1) is 8.16. The Morgan fingerprint density at radius 3 is 2.53 bits per heavy atom. The van der Waals surface area contributed by atoms with Gasteiger partial charge in [0.15, 0.2) is 0 Å². The molecule has 0 saturated heterocycles. The number of aliphatic hydroxyl groups is 1. The highest BCUT2D eigenvalue weighted by Crippen LogP contribution is 2.09. The van der Waals surface area contributed by atoms with Crippen LogP contribution in [0.15, 0.2) is 12.2 Å². The molecule has 0 aromatic heterocycles. The average Bonchev–Trinajstić information content (AvgIpc) is 2.28. The number of aliphatic hydroxyl groups excluding tert-OH is 1. The summed E-state index contributed by atoms with van der Waals surface area (Å²) >= 11 is 0. The van der Waals surface area contributed by atoms with Gasteiger partial charge in [0.05, 0.1) is 6.10 Å². The van der Waals surface area contributed by atoms with Crippen molar-refractivity contribution in [3.63, 3.8) is 0 Å². The van der Waals surface area contributed by atoms with E-state index in [0.29, 0.717) is 12.8 Å². The number of hydrogen-bond acceptors (Lipinski definition) is 2. The summed E-state index contributed by atoms with van der Waals surface area (Å²) < 4.78 is 0. The summed E-state index contributed by atoms with van der Waals surface area (Å²) in [6, 6.07) is 0. The lowest BCUT2D eigenvalue weighted by Crippen LogP contribution is -2.04. The maximum absolute atomic E-state index is 10.2. The zero-order chi connectivity index (χ0) is 12.9. The third-order valence-corrected chi connectivity index (χ3v) is 2.74. The molecule has 0 radical (unpaired) electrons. The van der Waals surface area contributed by atoms with Crippen molar-refractivity contribution in [2.45, 2.75) is 70.8 Å². The van der Waals surface area contributed by atoms with Crippen molar-refractivity contribution in [2.24, 2.45) is 0 Å². The minimum absolute atomic E-state index is 0.170. The van der Waals surface area contributed by atoms with Gasteiger partial charge < -0.3 is 10.2 Å². The van der Waals surface area contributed by atoms with Crippen molar-refractivity contribution in [3.8, 4) is 0 Å². The number of allylic oxidation sites excluding steroid dienone is 1. The van der Waals surface area contributed by atoms with Crippen molar-refractivity contribution < 1.29 is 15.0 Å². The summed E-state index contributed by atoms with van der Waals surface area (Å²) in [5.74, 6) is -0.772. The fourth-order valence-corrected chi connectivity index (χ4v) is 1.68. The van der Waals surface area contributed by atoms with E-state index < -0.39 is 5.97 Å². The highest BCUT2D eigenvalue weighted by Gasteiger charge is 2.01. The van der Waals surface area contributed by atoms with Gasteiger partial charge in [0, 0.05) is 6.42 Å². The molecule has 2 N–H and O–H groups in total. The average molecular weight is 242 g/mol. The van der Waals surface area contributed by atoms with Gasteiger partial charge in [-0.2, -0.15) is 0 Å². The maximum Gasteiger partial charge on any atom is 0.303 e. The predicted molar refractivity (Wildman–Crippen MR) is 70.0 cm³/mol. The second-order valence-corrected chi connectivity index (χ2v) is 4.50. The highest BCUT2D eigenvalue weighted by atomic mass is 16.4.